The summed E-state index contributed by atoms with van der Waals surface area (Å²) in [6.45, 7) is 3.33. The zero-order valence-corrected chi connectivity index (χ0v) is 17.0. The maximum atomic E-state index is 13.3. The highest BCUT2D eigenvalue weighted by molar-refractivity contribution is 7.91. The van der Waals surface area contributed by atoms with Crippen molar-refractivity contribution in [2.24, 2.45) is 0 Å². The highest BCUT2D eigenvalue weighted by atomic mass is 32.2. The molecule has 8 nitrogen and oxygen atoms in total. The number of rotatable bonds is 3. The van der Waals surface area contributed by atoms with Gasteiger partial charge in [0.15, 0.2) is 21.2 Å². The first-order chi connectivity index (χ1) is 13.9. The van der Waals surface area contributed by atoms with Gasteiger partial charge in [-0.05, 0) is 44.4 Å². The normalized spacial score (nSPS) is 21.3. The second kappa shape index (κ2) is 6.69. The second-order valence-corrected chi connectivity index (χ2v) is 10.0. The summed E-state index contributed by atoms with van der Waals surface area (Å²) < 4.78 is 31.3. The number of aryl methyl sites for hydroxylation is 1. The van der Waals surface area contributed by atoms with E-state index in [-0.39, 0.29) is 23.5 Å². The van der Waals surface area contributed by atoms with Gasteiger partial charge < -0.3 is 9.32 Å². The Bertz CT molecular complexity index is 1190. The summed E-state index contributed by atoms with van der Waals surface area (Å²) in [7, 11) is -3.08. The monoisotopic (exact) mass is 414 g/mol. The summed E-state index contributed by atoms with van der Waals surface area (Å²) in [6.07, 6.45) is 4.07. The van der Waals surface area contributed by atoms with Crippen LogP contribution in [-0.2, 0) is 9.84 Å². The van der Waals surface area contributed by atoms with Gasteiger partial charge >= 0.3 is 0 Å². The summed E-state index contributed by atoms with van der Waals surface area (Å²) in [5.74, 6) is 0.720. The van der Waals surface area contributed by atoms with Gasteiger partial charge in [0, 0.05) is 13.1 Å². The average molecular weight is 414 g/mol. The molecule has 2 aliphatic heterocycles. The smallest absolute Gasteiger partial charge is 0.254 e. The van der Waals surface area contributed by atoms with Gasteiger partial charge in [0.25, 0.3) is 5.91 Å². The zero-order chi connectivity index (χ0) is 20.2. The molecule has 0 unspecified atom stereocenters. The molecule has 152 valence electrons. The minimum absolute atomic E-state index is 0.0376. The molecule has 5 rings (SSSR count). The number of furan rings is 1. The maximum absolute atomic E-state index is 13.3. The fourth-order valence-electron chi connectivity index (χ4n) is 4.35. The predicted molar refractivity (Wildman–Crippen MR) is 107 cm³/mol. The number of carbonyl (C=O) groups is 1. The van der Waals surface area contributed by atoms with E-state index in [0.717, 1.165) is 25.9 Å². The summed E-state index contributed by atoms with van der Waals surface area (Å²) in [5.41, 5.74) is 2.33. The van der Waals surface area contributed by atoms with Gasteiger partial charge in [0.2, 0.25) is 0 Å². The number of fused-ring (bicyclic) bond motifs is 1. The molecular weight excluding hydrogens is 392 g/mol. The van der Waals surface area contributed by atoms with Crippen LogP contribution in [0.5, 0.6) is 0 Å². The molecule has 2 saturated heterocycles. The van der Waals surface area contributed by atoms with Crippen LogP contribution in [-0.4, -0.2) is 58.6 Å². The maximum Gasteiger partial charge on any atom is 0.254 e. The number of likely N-dealkylation sites (tertiary alicyclic amines) is 1. The van der Waals surface area contributed by atoms with Crippen LogP contribution in [0, 0.1) is 6.92 Å². The third kappa shape index (κ3) is 3.13. The predicted octanol–water partition coefficient (Wildman–Crippen LogP) is 2.60. The summed E-state index contributed by atoms with van der Waals surface area (Å²) in [6, 6.07) is 5.07. The number of sulfone groups is 1. The molecule has 0 aromatic carbocycles. The Morgan fingerprint density at radius 3 is 2.72 bits per heavy atom. The van der Waals surface area contributed by atoms with Crippen molar-refractivity contribution >= 4 is 26.8 Å². The van der Waals surface area contributed by atoms with Crippen molar-refractivity contribution in [3.05, 3.63) is 35.7 Å². The molecule has 1 atom stereocenters. The summed E-state index contributed by atoms with van der Waals surface area (Å²) in [4.78, 5) is 19.9. The quantitative estimate of drug-likeness (QED) is 0.653. The van der Waals surface area contributed by atoms with Crippen molar-refractivity contribution in [1.29, 1.82) is 0 Å². The largest absolute Gasteiger partial charge is 0.463 e. The molecule has 9 heteroatoms. The molecule has 0 radical (unpaired) electrons. The first-order valence-corrected chi connectivity index (χ1v) is 11.7. The van der Waals surface area contributed by atoms with Crippen LogP contribution in [0.4, 0.5) is 0 Å². The first-order valence-electron chi connectivity index (χ1n) is 9.86. The minimum Gasteiger partial charge on any atom is -0.463 e. The Kier molecular flexibility index (Phi) is 4.23. The molecule has 1 amide bonds. The molecule has 0 saturated carbocycles. The van der Waals surface area contributed by atoms with E-state index >= 15 is 0 Å². The number of carbonyl (C=O) groups excluding carboxylic acids is 1. The van der Waals surface area contributed by atoms with Crippen LogP contribution < -0.4 is 0 Å². The lowest BCUT2D eigenvalue weighted by atomic mass is 10.1. The van der Waals surface area contributed by atoms with E-state index in [1.165, 1.54) is 0 Å². The van der Waals surface area contributed by atoms with E-state index < -0.39 is 9.84 Å². The molecule has 3 aromatic rings. The van der Waals surface area contributed by atoms with Crippen LogP contribution in [0.2, 0.25) is 0 Å². The summed E-state index contributed by atoms with van der Waals surface area (Å²) >= 11 is 0. The Morgan fingerprint density at radius 2 is 2.07 bits per heavy atom. The fraction of sp³-hybridized carbons (Fsp3) is 0.450. The van der Waals surface area contributed by atoms with Crippen molar-refractivity contribution in [3.63, 3.8) is 0 Å². The number of nitrogens with zero attached hydrogens (tertiary/aromatic N) is 4. The molecule has 29 heavy (non-hydrogen) atoms. The zero-order valence-electron chi connectivity index (χ0n) is 16.2. The van der Waals surface area contributed by atoms with Gasteiger partial charge in [-0.3, -0.25) is 4.79 Å². The van der Waals surface area contributed by atoms with Gasteiger partial charge in [0.1, 0.15) is 5.69 Å². The van der Waals surface area contributed by atoms with Crippen LogP contribution in [0.1, 0.15) is 41.4 Å². The lowest BCUT2D eigenvalue weighted by Gasteiger charge is -2.17. The standard InChI is InChI=1S/C20H22N4O4S/c1-13-18-15(20(25)23-7-2-3-8-23)11-16(17-5-4-9-28-17)21-19(18)24(22-13)14-6-10-29(26,27)12-14/h4-5,9,11,14H,2-3,6-8,10,12H2,1H3/t14-/m0/s1. The average Bonchev–Trinajstić information content (AvgIpc) is 3.48. The topological polar surface area (TPSA) is 98.3 Å². The second-order valence-electron chi connectivity index (χ2n) is 7.82. The van der Waals surface area contributed by atoms with Crippen LogP contribution in [0.3, 0.4) is 0 Å². The molecule has 0 spiro atoms. The number of amides is 1. The molecular formula is C20H22N4O4S. The molecule has 0 bridgehead atoms. The number of hydrogen-bond acceptors (Lipinski definition) is 6. The van der Waals surface area contributed by atoms with E-state index in [4.69, 9.17) is 9.40 Å². The van der Waals surface area contributed by atoms with E-state index in [0.29, 0.717) is 40.2 Å². The number of hydrogen-bond donors (Lipinski definition) is 0. The first kappa shape index (κ1) is 18.4. The van der Waals surface area contributed by atoms with Gasteiger partial charge in [-0.15, -0.1) is 0 Å². The van der Waals surface area contributed by atoms with Crippen LogP contribution in [0.25, 0.3) is 22.5 Å². The SMILES string of the molecule is Cc1nn([C@H]2CCS(=O)(=O)C2)c2nc(-c3ccco3)cc(C(=O)N3CCCC3)c12. The molecule has 2 aliphatic rings. The van der Waals surface area contributed by atoms with Crippen molar-refractivity contribution in [2.75, 3.05) is 24.6 Å². The number of pyridine rings is 1. The Balaban J connectivity index is 1.71. The van der Waals surface area contributed by atoms with E-state index in [9.17, 15) is 13.2 Å². The van der Waals surface area contributed by atoms with E-state index in [1.807, 2.05) is 11.8 Å². The van der Waals surface area contributed by atoms with Crippen LogP contribution in [0.15, 0.2) is 28.9 Å². The molecule has 5 heterocycles. The minimum atomic E-state index is -3.08. The lowest BCUT2D eigenvalue weighted by Crippen LogP contribution is -2.28. The van der Waals surface area contributed by atoms with Crippen molar-refractivity contribution < 1.29 is 17.6 Å². The third-order valence-corrected chi connectivity index (χ3v) is 7.54. The van der Waals surface area contributed by atoms with E-state index in [2.05, 4.69) is 5.10 Å². The third-order valence-electron chi connectivity index (χ3n) is 5.79. The van der Waals surface area contributed by atoms with E-state index in [1.54, 1.807) is 29.1 Å². The molecule has 0 N–H and O–H groups in total. The Hall–Kier alpha value is -2.68. The van der Waals surface area contributed by atoms with Gasteiger partial charge in [-0.1, -0.05) is 0 Å². The van der Waals surface area contributed by atoms with Gasteiger partial charge in [0.05, 0.1) is 40.5 Å². The van der Waals surface area contributed by atoms with Gasteiger partial charge in [-0.25, -0.2) is 18.1 Å². The fourth-order valence-corrected chi connectivity index (χ4v) is 6.04. The lowest BCUT2D eigenvalue weighted by molar-refractivity contribution is 0.0794. The molecule has 2 fully saturated rings. The molecule has 0 aliphatic carbocycles. The van der Waals surface area contributed by atoms with Crippen molar-refractivity contribution in [1.82, 2.24) is 19.7 Å². The van der Waals surface area contributed by atoms with Crippen molar-refractivity contribution in [3.8, 4) is 11.5 Å². The summed E-state index contributed by atoms with van der Waals surface area (Å²) in [5, 5.41) is 5.31. The highest BCUT2D eigenvalue weighted by Crippen LogP contribution is 2.33. The number of aromatic nitrogens is 3. The van der Waals surface area contributed by atoms with Gasteiger partial charge in [-0.2, -0.15) is 5.10 Å². The Labute approximate surface area is 168 Å². The van der Waals surface area contributed by atoms with Crippen LogP contribution >= 0.6 is 0 Å². The van der Waals surface area contributed by atoms with Crippen molar-refractivity contribution in [2.45, 2.75) is 32.2 Å². The molecule has 3 aromatic heterocycles. The Morgan fingerprint density at radius 1 is 1.28 bits per heavy atom. The highest BCUT2D eigenvalue weighted by Gasteiger charge is 2.33.